The third kappa shape index (κ3) is 2.98. The number of piperidine rings is 1. The van der Waals surface area contributed by atoms with Crippen LogP contribution in [0, 0.1) is 0 Å². The van der Waals surface area contributed by atoms with Crippen LogP contribution in [0.5, 0.6) is 0 Å². The average Bonchev–Trinajstić information content (AvgIpc) is 3.17. The fourth-order valence-corrected chi connectivity index (χ4v) is 3.40. The van der Waals surface area contributed by atoms with Gasteiger partial charge in [-0.2, -0.15) is 0 Å². The van der Waals surface area contributed by atoms with Gasteiger partial charge in [0.05, 0.1) is 12.2 Å². The minimum Gasteiger partial charge on any atom is -0.368 e. The van der Waals surface area contributed by atoms with Gasteiger partial charge >= 0.3 is 0 Å². The Balaban J connectivity index is 1.80. The maximum Gasteiger partial charge on any atom is 0.276 e. The van der Waals surface area contributed by atoms with Gasteiger partial charge in [-0.25, -0.2) is 9.67 Å². The molecule has 3 rings (SSSR count). The first-order valence-corrected chi connectivity index (χ1v) is 7.92. The molecule has 9 heteroatoms. The van der Waals surface area contributed by atoms with E-state index in [2.05, 4.69) is 15.3 Å². The van der Waals surface area contributed by atoms with Crippen molar-refractivity contribution in [2.45, 2.75) is 31.8 Å². The van der Waals surface area contributed by atoms with Crippen LogP contribution in [0.3, 0.4) is 0 Å². The summed E-state index contributed by atoms with van der Waals surface area (Å²) in [6.45, 7) is 0.585. The molecule has 8 nitrogen and oxygen atoms in total. The first-order chi connectivity index (χ1) is 10.6. The minimum atomic E-state index is -0.525. The van der Waals surface area contributed by atoms with Crippen LogP contribution in [0.2, 0.25) is 0 Å². The fraction of sp³-hybridized carbons (Fsp3) is 0.462. The number of thiazole rings is 1. The zero-order valence-corrected chi connectivity index (χ0v) is 12.7. The maximum absolute atomic E-state index is 12.7. The number of nitrogens with zero attached hydrogens (tertiary/aromatic N) is 5. The van der Waals surface area contributed by atoms with Gasteiger partial charge in [0.25, 0.3) is 5.91 Å². The number of primary amides is 1. The Labute approximate surface area is 130 Å². The quantitative estimate of drug-likeness (QED) is 0.887. The first kappa shape index (κ1) is 14.6. The lowest BCUT2D eigenvalue weighted by atomic mass is 10.0. The molecule has 1 aliphatic rings. The third-order valence-corrected chi connectivity index (χ3v) is 4.45. The number of likely N-dealkylation sites (tertiary alicyclic amines) is 1. The van der Waals surface area contributed by atoms with Crippen molar-refractivity contribution >= 4 is 23.2 Å². The van der Waals surface area contributed by atoms with Gasteiger partial charge in [-0.05, 0) is 19.3 Å². The molecule has 0 radical (unpaired) electrons. The highest BCUT2D eigenvalue weighted by molar-refractivity contribution is 7.09. The molecule has 3 heterocycles. The molecule has 1 fully saturated rings. The first-order valence-electron chi connectivity index (χ1n) is 7.04. The Morgan fingerprint density at radius 3 is 3.00 bits per heavy atom. The third-order valence-electron chi connectivity index (χ3n) is 3.58. The lowest BCUT2D eigenvalue weighted by molar-refractivity contribution is -0.118. The van der Waals surface area contributed by atoms with Gasteiger partial charge in [-0.3, -0.25) is 9.59 Å². The van der Waals surface area contributed by atoms with E-state index in [0.29, 0.717) is 6.54 Å². The zero-order valence-electron chi connectivity index (χ0n) is 11.9. The van der Waals surface area contributed by atoms with Crippen molar-refractivity contribution in [2.75, 3.05) is 6.54 Å². The normalized spacial score (nSPS) is 18.4. The number of carbonyl (C=O) groups excluding carboxylic acids is 2. The summed E-state index contributed by atoms with van der Waals surface area (Å²) in [5.41, 5.74) is 5.34. The Hall–Kier alpha value is -2.29. The summed E-state index contributed by atoms with van der Waals surface area (Å²) in [6, 6.07) is -0.0115. The lowest BCUT2D eigenvalue weighted by Gasteiger charge is -2.33. The van der Waals surface area contributed by atoms with Crippen LogP contribution in [-0.2, 0) is 11.3 Å². The van der Waals surface area contributed by atoms with E-state index in [1.807, 2.05) is 5.38 Å². The van der Waals surface area contributed by atoms with Crippen molar-refractivity contribution in [1.29, 1.82) is 0 Å². The summed E-state index contributed by atoms with van der Waals surface area (Å²) in [5, 5.41) is 10.5. The zero-order chi connectivity index (χ0) is 15.5. The van der Waals surface area contributed by atoms with Crippen LogP contribution in [0.15, 0.2) is 17.8 Å². The van der Waals surface area contributed by atoms with Gasteiger partial charge in [0.1, 0.15) is 11.6 Å². The van der Waals surface area contributed by atoms with E-state index in [1.165, 1.54) is 10.9 Å². The number of hydrogen-bond acceptors (Lipinski definition) is 6. The maximum atomic E-state index is 12.7. The minimum absolute atomic E-state index is 0.0115. The van der Waals surface area contributed by atoms with Gasteiger partial charge in [-0.15, -0.1) is 16.4 Å². The molecule has 0 spiro atoms. The largest absolute Gasteiger partial charge is 0.368 e. The fourth-order valence-electron chi connectivity index (χ4n) is 2.61. The van der Waals surface area contributed by atoms with E-state index in [0.717, 1.165) is 24.3 Å². The van der Waals surface area contributed by atoms with Gasteiger partial charge in [0.2, 0.25) is 5.91 Å². The summed E-state index contributed by atoms with van der Waals surface area (Å²) in [6.07, 6.45) is 6.14. The van der Waals surface area contributed by atoms with Gasteiger partial charge < -0.3 is 10.6 Å². The van der Waals surface area contributed by atoms with Crippen molar-refractivity contribution in [2.24, 2.45) is 5.73 Å². The number of hydrogen-bond donors (Lipinski definition) is 1. The van der Waals surface area contributed by atoms with Gasteiger partial charge in [-0.1, -0.05) is 5.21 Å². The van der Waals surface area contributed by atoms with Crippen molar-refractivity contribution in [1.82, 2.24) is 24.9 Å². The second-order valence-corrected chi connectivity index (χ2v) is 6.07. The van der Waals surface area contributed by atoms with Crippen molar-refractivity contribution in [3.8, 4) is 0 Å². The average molecular weight is 320 g/mol. The molecule has 2 aromatic rings. The predicted molar refractivity (Wildman–Crippen MR) is 79.0 cm³/mol. The highest BCUT2D eigenvalue weighted by Gasteiger charge is 2.31. The summed E-state index contributed by atoms with van der Waals surface area (Å²) in [4.78, 5) is 29.7. The molecule has 22 heavy (non-hydrogen) atoms. The van der Waals surface area contributed by atoms with Crippen LogP contribution < -0.4 is 5.73 Å². The SMILES string of the molecule is NC(=O)Cn1cc(C(=O)N2CCCC[C@@H]2c2nccs2)nn1. The Morgan fingerprint density at radius 2 is 2.27 bits per heavy atom. The smallest absolute Gasteiger partial charge is 0.276 e. The second-order valence-electron chi connectivity index (χ2n) is 5.15. The summed E-state index contributed by atoms with van der Waals surface area (Å²) in [5.74, 6) is -0.710. The van der Waals surface area contributed by atoms with Crippen LogP contribution >= 0.6 is 11.3 Å². The molecular formula is C13H16N6O2S. The molecular weight excluding hydrogens is 304 g/mol. The molecule has 2 aromatic heterocycles. The van der Waals surface area contributed by atoms with Crippen LogP contribution in [0.1, 0.15) is 40.8 Å². The molecule has 1 aliphatic heterocycles. The summed E-state index contributed by atoms with van der Waals surface area (Å²) < 4.78 is 1.28. The standard InChI is InChI=1S/C13H16N6O2S/c14-11(20)8-18-7-9(16-17-18)13(21)19-5-2-1-3-10(19)12-15-4-6-22-12/h4,6-7,10H,1-3,5,8H2,(H2,14,20)/t10-/m1/s1. The van der Waals surface area contributed by atoms with Crippen molar-refractivity contribution in [3.63, 3.8) is 0 Å². The summed E-state index contributed by atoms with van der Waals surface area (Å²) in [7, 11) is 0. The number of aromatic nitrogens is 4. The Bertz CT molecular complexity index is 668. The number of nitrogens with two attached hydrogens (primary N) is 1. The molecule has 0 unspecified atom stereocenters. The van der Waals surface area contributed by atoms with Gasteiger partial charge in [0.15, 0.2) is 5.69 Å². The highest BCUT2D eigenvalue weighted by Crippen LogP contribution is 2.32. The van der Waals surface area contributed by atoms with E-state index >= 15 is 0 Å². The molecule has 0 aliphatic carbocycles. The molecule has 1 saturated heterocycles. The van der Waals surface area contributed by atoms with Crippen molar-refractivity contribution in [3.05, 3.63) is 28.5 Å². The molecule has 0 bridgehead atoms. The van der Waals surface area contributed by atoms with E-state index < -0.39 is 5.91 Å². The summed E-state index contributed by atoms with van der Waals surface area (Å²) >= 11 is 1.55. The highest BCUT2D eigenvalue weighted by atomic mass is 32.1. The van der Waals surface area contributed by atoms with E-state index in [4.69, 9.17) is 5.73 Å². The van der Waals surface area contributed by atoms with Crippen molar-refractivity contribution < 1.29 is 9.59 Å². The Kier molecular flexibility index (Phi) is 4.14. The monoisotopic (exact) mass is 320 g/mol. The Morgan fingerprint density at radius 1 is 1.41 bits per heavy atom. The predicted octanol–water partition coefficient (Wildman–Crippen LogP) is 0.587. The van der Waals surface area contributed by atoms with Crippen LogP contribution in [0.25, 0.3) is 0 Å². The molecule has 2 amide bonds. The topological polar surface area (TPSA) is 107 Å². The number of carbonyl (C=O) groups is 2. The molecule has 116 valence electrons. The van der Waals surface area contributed by atoms with E-state index in [1.54, 1.807) is 22.4 Å². The van der Waals surface area contributed by atoms with Crippen LogP contribution in [0.4, 0.5) is 0 Å². The van der Waals surface area contributed by atoms with E-state index in [-0.39, 0.29) is 24.2 Å². The lowest BCUT2D eigenvalue weighted by Crippen LogP contribution is -2.38. The number of rotatable bonds is 4. The molecule has 2 N–H and O–H groups in total. The molecule has 1 atom stereocenters. The number of amides is 2. The second kappa shape index (κ2) is 6.22. The van der Waals surface area contributed by atoms with Gasteiger partial charge in [0, 0.05) is 18.1 Å². The van der Waals surface area contributed by atoms with Crippen LogP contribution in [-0.4, -0.2) is 43.2 Å². The van der Waals surface area contributed by atoms with E-state index in [9.17, 15) is 9.59 Å². The molecule has 0 aromatic carbocycles. The molecule has 0 saturated carbocycles.